The summed E-state index contributed by atoms with van der Waals surface area (Å²) < 4.78 is 17.7. The highest BCUT2D eigenvalue weighted by Crippen LogP contribution is 2.29. The van der Waals surface area contributed by atoms with Crippen LogP contribution in [0.25, 0.3) is 0 Å². The molecule has 0 aliphatic carbocycles. The Morgan fingerprint density at radius 1 is 0.943 bits per heavy atom. The summed E-state index contributed by atoms with van der Waals surface area (Å²) >= 11 is 3.34. The summed E-state index contributed by atoms with van der Waals surface area (Å²) in [5.41, 5.74) is 6.60. The fourth-order valence-corrected chi connectivity index (χ4v) is 3.46. The lowest BCUT2D eigenvalue weighted by Gasteiger charge is -2.13. The van der Waals surface area contributed by atoms with Crippen molar-refractivity contribution in [3.63, 3.8) is 0 Å². The molecule has 0 aromatic heterocycles. The molecule has 0 bridgehead atoms. The van der Waals surface area contributed by atoms with Crippen LogP contribution >= 0.6 is 15.9 Å². The van der Waals surface area contributed by atoms with E-state index in [2.05, 4.69) is 26.5 Å². The van der Waals surface area contributed by atoms with E-state index in [1.165, 1.54) is 6.21 Å². The summed E-state index contributed by atoms with van der Waals surface area (Å²) in [6.45, 7) is 7.96. The first kappa shape index (κ1) is 26.0. The zero-order valence-corrected chi connectivity index (χ0v) is 21.6. The highest BCUT2D eigenvalue weighted by Gasteiger charge is 2.13. The third-order valence-corrected chi connectivity index (χ3v) is 5.70. The lowest BCUT2D eigenvalue weighted by molar-refractivity contribution is -0.123. The summed E-state index contributed by atoms with van der Waals surface area (Å²) in [7, 11) is 0. The van der Waals surface area contributed by atoms with Crippen LogP contribution in [-0.2, 0) is 4.79 Å². The molecule has 3 aromatic rings. The van der Waals surface area contributed by atoms with Crippen molar-refractivity contribution >= 4 is 34.0 Å². The molecule has 182 valence electrons. The Kier molecular flexibility index (Phi) is 9.03. The number of halogens is 1. The molecule has 1 amide bonds. The SMILES string of the molecule is CCOc1cc(/C=N/NC(=O)COc2c(C)ccc(C)c2C)ccc1OC(=O)c1ccc(Br)cc1. The Labute approximate surface area is 213 Å². The average Bonchev–Trinajstić information content (AvgIpc) is 2.83. The van der Waals surface area contributed by atoms with Gasteiger partial charge in [0.1, 0.15) is 5.75 Å². The summed E-state index contributed by atoms with van der Waals surface area (Å²) in [4.78, 5) is 24.6. The quantitative estimate of drug-likeness (QED) is 0.168. The summed E-state index contributed by atoms with van der Waals surface area (Å²) in [6, 6.07) is 15.9. The molecule has 3 aromatic carbocycles. The molecular weight excluding hydrogens is 512 g/mol. The maximum atomic E-state index is 12.5. The predicted octanol–water partition coefficient (Wildman–Crippen LogP) is 5.52. The molecule has 1 N–H and O–H groups in total. The van der Waals surface area contributed by atoms with Crippen LogP contribution in [0.1, 0.15) is 39.5 Å². The van der Waals surface area contributed by atoms with Crippen LogP contribution in [0.4, 0.5) is 0 Å². The number of hydrogen-bond acceptors (Lipinski definition) is 6. The molecule has 0 saturated heterocycles. The van der Waals surface area contributed by atoms with Crippen LogP contribution in [0.5, 0.6) is 17.2 Å². The molecule has 0 heterocycles. The molecule has 0 unspecified atom stereocenters. The van der Waals surface area contributed by atoms with Gasteiger partial charge in [0.05, 0.1) is 18.4 Å². The third kappa shape index (κ3) is 7.16. The second-order valence-electron chi connectivity index (χ2n) is 7.77. The third-order valence-electron chi connectivity index (χ3n) is 5.17. The van der Waals surface area contributed by atoms with Gasteiger partial charge in [-0.1, -0.05) is 28.1 Å². The van der Waals surface area contributed by atoms with Gasteiger partial charge in [-0.25, -0.2) is 10.2 Å². The van der Waals surface area contributed by atoms with Crippen molar-refractivity contribution in [2.45, 2.75) is 27.7 Å². The number of amides is 1. The first-order valence-corrected chi connectivity index (χ1v) is 11.8. The van der Waals surface area contributed by atoms with Crippen LogP contribution in [0, 0.1) is 20.8 Å². The molecule has 0 radical (unpaired) electrons. The average molecular weight is 539 g/mol. The lowest BCUT2D eigenvalue weighted by Crippen LogP contribution is -2.25. The van der Waals surface area contributed by atoms with E-state index >= 15 is 0 Å². The Bertz CT molecular complexity index is 1240. The van der Waals surface area contributed by atoms with Gasteiger partial charge in [0.15, 0.2) is 18.1 Å². The molecule has 8 heteroatoms. The number of hydrazone groups is 1. The van der Waals surface area contributed by atoms with E-state index in [1.807, 2.05) is 39.8 Å². The fraction of sp³-hybridized carbons (Fsp3) is 0.222. The van der Waals surface area contributed by atoms with Gasteiger partial charge in [0.2, 0.25) is 0 Å². The monoisotopic (exact) mass is 538 g/mol. The molecule has 0 atom stereocenters. The Balaban J connectivity index is 1.61. The molecule has 0 spiro atoms. The van der Waals surface area contributed by atoms with E-state index in [4.69, 9.17) is 14.2 Å². The van der Waals surface area contributed by atoms with E-state index in [-0.39, 0.29) is 12.5 Å². The van der Waals surface area contributed by atoms with E-state index < -0.39 is 5.97 Å². The van der Waals surface area contributed by atoms with Crippen molar-refractivity contribution in [1.29, 1.82) is 0 Å². The second-order valence-corrected chi connectivity index (χ2v) is 8.69. The Morgan fingerprint density at radius 2 is 1.66 bits per heavy atom. The zero-order valence-electron chi connectivity index (χ0n) is 20.1. The standard InChI is InChI=1S/C27H27BrN2O5/c1-5-33-24-14-20(8-13-23(24)35-27(32)21-9-11-22(28)12-10-21)15-29-30-25(31)16-34-26-18(3)7-6-17(2)19(26)4/h6-15H,5,16H2,1-4H3,(H,30,31)/b29-15+. The van der Waals surface area contributed by atoms with E-state index in [1.54, 1.807) is 42.5 Å². The first-order valence-electron chi connectivity index (χ1n) is 11.0. The van der Waals surface area contributed by atoms with Crippen molar-refractivity contribution in [3.05, 3.63) is 86.9 Å². The number of esters is 1. The highest BCUT2D eigenvalue weighted by molar-refractivity contribution is 9.10. The number of ether oxygens (including phenoxy) is 3. The highest BCUT2D eigenvalue weighted by atomic mass is 79.9. The Hall–Kier alpha value is -3.65. The van der Waals surface area contributed by atoms with Gasteiger partial charge in [0, 0.05) is 4.47 Å². The summed E-state index contributed by atoms with van der Waals surface area (Å²) in [6.07, 6.45) is 1.48. The van der Waals surface area contributed by atoms with Crippen LogP contribution in [0.15, 0.2) is 64.2 Å². The zero-order chi connectivity index (χ0) is 25.4. The Morgan fingerprint density at radius 3 is 2.37 bits per heavy atom. The molecule has 3 rings (SSSR count). The van der Waals surface area contributed by atoms with Gasteiger partial charge in [-0.2, -0.15) is 5.10 Å². The molecule has 0 aliphatic rings. The number of benzene rings is 3. The van der Waals surface area contributed by atoms with Crippen molar-refractivity contribution in [3.8, 4) is 17.2 Å². The van der Waals surface area contributed by atoms with E-state index in [0.717, 1.165) is 21.2 Å². The van der Waals surface area contributed by atoms with Crippen LogP contribution in [0.2, 0.25) is 0 Å². The van der Waals surface area contributed by atoms with Gasteiger partial charge < -0.3 is 14.2 Å². The fourth-order valence-electron chi connectivity index (χ4n) is 3.20. The minimum Gasteiger partial charge on any atom is -0.490 e. The van der Waals surface area contributed by atoms with Crippen molar-refractivity contribution in [2.24, 2.45) is 5.10 Å². The molecule has 0 fully saturated rings. The first-order chi connectivity index (χ1) is 16.8. The van der Waals surface area contributed by atoms with Gasteiger partial charge in [-0.3, -0.25) is 4.79 Å². The van der Waals surface area contributed by atoms with E-state index in [9.17, 15) is 9.59 Å². The summed E-state index contributed by atoms with van der Waals surface area (Å²) in [5, 5.41) is 3.99. The lowest BCUT2D eigenvalue weighted by atomic mass is 10.1. The minimum absolute atomic E-state index is 0.155. The van der Waals surface area contributed by atoms with Crippen molar-refractivity contribution in [2.75, 3.05) is 13.2 Å². The van der Waals surface area contributed by atoms with Gasteiger partial charge in [0.25, 0.3) is 5.91 Å². The number of carbonyl (C=O) groups excluding carboxylic acids is 2. The summed E-state index contributed by atoms with van der Waals surface area (Å²) in [5.74, 6) is 0.511. The smallest absolute Gasteiger partial charge is 0.343 e. The molecule has 0 aliphatic heterocycles. The number of nitrogens with one attached hydrogen (secondary N) is 1. The van der Waals surface area contributed by atoms with Crippen LogP contribution in [0.3, 0.4) is 0 Å². The van der Waals surface area contributed by atoms with Gasteiger partial charge >= 0.3 is 5.97 Å². The second kappa shape index (κ2) is 12.2. The molecule has 0 saturated carbocycles. The maximum Gasteiger partial charge on any atom is 0.343 e. The predicted molar refractivity (Wildman–Crippen MR) is 139 cm³/mol. The van der Waals surface area contributed by atoms with E-state index in [0.29, 0.717) is 35.0 Å². The number of hydrogen-bond donors (Lipinski definition) is 1. The molecule has 35 heavy (non-hydrogen) atoms. The van der Waals surface area contributed by atoms with Crippen LogP contribution in [-0.4, -0.2) is 31.3 Å². The number of carbonyl (C=O) groups is 2. The maximum absolute atomic E-state index is 12.5. The van der Waals surface area contributed by atoms with Crippen molar-refractivity contribution < 1.29 is 23.8 Å². The van der Waals surface area contributed by atoms with Crippen LogP contribution < -0.4 is 19.6 Å². The molecular formula is C27H27BrN2O5. The van der Waals surface area contributed by atoms with Crippen molar-refractivity contribution in [1.82, 2.24) is 5.43 Å². The largest absolute Gasteiger partial charge is 0.490 e. The number of rotatable bonds is 9. The number of nitrogens with zero attached hydrogens (tertiary/aromatic N) is 1. The van der Waals surface area contributed by atoms with Gasteiger partial charge in [-0.05, 0) is 92.4 Å². The minimum atomic E-state index is -0.494. The van der Waals surface area contributed by atoms with Gasteiger partial charge in [-0.15, -0.1) is 0 Å². The normalized spacial score (nSPS) is 10.8. The topological polar surface area (TPSA) is 86.2 Å². The number of aryl methyl sites for hydroxylation is 2. The molecule has 7 nitrogen and oxygen atoms in total.